The number of rotatable bonds is 6. The average Bonchev–Trinajstić information content (AvgIpc) is 2.60. The minimum Gasteiger partial charge on any atom is -0.339 e. The van der Waals surface area contributed by atoms with Gasteiger partial charge < -0.3 is 9.80 Å². The van der Waals surface area contributed by atoms with Gasteiger partial charge in [-0.1, -0.05) is 13.0 Å². The smallest absolute Gasteiger partial charge is 0.254 e. The van der Waals surface area contributed by atoms with Gasteiger partial charge in [0.15, 0.2) is 0 Å². The third kappa shape index (κ3) is 4.64. The molecule has 0 aliphatic carbocycles. The van der Waals surface area contributed by atoms with Crippen LogP contribution in [-0.4, -0.2) is 62.9 Å². The number of hydrogen-bond acceptors (Lipinski definition) is 4. The van der Waals surface area contributed by atoms with Gasteiger partial charge in [-0.3, -0.25) is 4.79 Å². The monoisotopic (exact) mass is 381 g/mol. The average molecular weight is 382 g/mol. The fraction of sp³-hybridized carbons (Fsp3) is 0.632. The van der Waals surface area contributed by atoms with Crippen molar-refractivity contribution in [1.82, 2.24) is 14.5 Å². The van der Waals surface area contributed by atoms with Gasteiger partial charge in [-0.25, -0.2) is 13.1 Å². The molecule has 1 saturated heterocycles. The molecule has 0 spiro atoms. The van der Waals surface area contributed by atoms with E-state index < -0.39 is 10.0 Å². The van der Waals surface area contributed by atoms with Crippen LogP contribution in [0.5, 0.6) is 0 Å². The van der Waals surface area contributed by atoms with E-state index in [1.807, 2.05) is 14.0 Å². The van der Waals surface area contributed by atoms with Gasteiger partial charge in [-0.15, -0.1) is 0 Å². The highest BCUT2D eigenvalue weighted by atomic mass is 32.2. The number of nitrogens with zero attached hydrogens (tertiary/aromatic N) is 2. The zero-order chi connectivity index (χ0) is 19.5. The summed E-state index contributed by atoms with van der Waals surface area (Å²) in [5.74, 6) is -0.112. The number of hydrogen-bond donors (Lipinski definition) is 1. The first-order valence-corrected chi connectivity index (χ1v) is 10.8. The van der Waals surface area contributed by atoms with Gasteiger partial charge in [0.25, 0.3) is 5.91 Å². The minimum atomic E-state index is -3.58. The molecule has 1 aromatic carbocycles. The largest absolute Gasteiger partial charge is 0.339 e. The van der Waals surface area contributed by atoms with E-state index in [1.54, 1.807) is 24.0 Å². The highest BCUT2D eigenvalue weighted by Crippen LogP contribution is 2.22. The molecule has 0 aromatic heterocycles. The van der Waals surface area contributed by atoms with Crippen molar-refractivity contribution in [2.24, 2.45) is 0 Å². The summed E-state index contributed by atoms with van der Waals surface area (Å²) >= 11 is 0. The summed E-state index contributed by atoms with van der Waals surface area (Å²) in [4.78, 5) is 17.4. The van der Waals surface area contributed by atoms with E-state index in [4.69, 9.17) is 0 Å². The van der Waals surface area contributed by atoms with Crippen LogP contribution in [0.15, 0.2) is 23.1 Å². The van der Waals surface area contributed by atoms with Crippen molar-refractivity contribution in [3.8, 4) is 0 Å². The SMILES string of the molecule is CCNS(=O)(=O)c1ccc(C)c(C(=O)N(C)C2CCN(C(C)C)CC2)c1. The second kappa shape index (κ2) is 8.50. The zero-order valence-electron chi connectivity index (χ0n) is 16.4. The first-order valence-electron chi connectivity index (χ1n) is 9.29. The summed E-state index contributed by atoms with van der Waals surface area (Å²) in [5.41, 5.74) is 1.25. The van der Waals surface area contributed by atoms with Crippen molar-refractivity contribution < 1.29 is 13.2 Å². The van der Waals surface area contributed by atoms with E-state index >= 15 is 0 Å². The Bertz CT molecular complexity index is 738. The van der Waals surface area contributed by atoms with Gasteiger partial charge in [-0.05, 0) is 51.3 Å². The van der Waals surface area contributed by atoms with E-state index in [1.165, 1.54) is 6.07 Å². The topological polar surface area (TPSA) is 69.7 Å². The molecule has 26 heavy (non-hydrogen) atoms. The molecule has 1 amide bonds. The number of likely N-dealkylation sites (tertiary alicyclic amines) is 1. The number of sulfonamides is 1. The van der Waals surface area contributed by atoms with E-state index in [0.717, 1.165) is 31.5 Å². The second-order valence-corrected chi connectivity index (χ2v) is 9.02. The number of piperidine rings is 1. The molecule has 1 N–H and O–H groups in total. The van der Waals surface area contributed by atoms with Crippen molar-refractivity contribution in [2.45, 2.75) is 57.5 Å². The van der Waals surface area contributed by atoms with Gasteiger partial charge in [0.2, 0.25) is 10.0 Å². The summed E-state index contributed by atoms with van der Waals surface area (Å²) in [5, 5.41) is 0. The molecule has 0 radical (unpaired) electrons. The van der Waals surface area contributed by atoms with Crippen LogP contribution >= 0.6 is 0 Å². The number of carbonyl (C=O) groups is 1. The molecule has 1 aliphatic rings. The molecule has 6 nitrogen and oxygen atoms in total. The Kier molecular flexibility index (Phi) is 6.82. The van der Waals surface area contributed by atoms with Crippen molar-refractivity contribution >= 4 is 15.9 Å². The van der Waals surface area contributed by atoms with Crippen LogP contribution in [0, 0.1) is 6.92 Å². The maximum atomic E-state index is 13.0. The van der Waals surface area contributed by atoms with Crippen LogP contribution in [-0.2, 0) is 10.0 Å². The number of benzene rings is 1. The number of nitrogens with one attached hydrogen (secondary N) is 1. The first-order chi connectivity index (χ1) is 12.2. The molecule has 0 unspecified atom stereocenters. The fourth-order valence-electron chi connectivity index (χ4n) is 3.42. The van der Waals surface area contributed by atoms with Gasteiger partial charge >= 0.3 is 0 Å². The van der Waals surface area contributed by atoms with Gasteiger partial charge in [0.1, 0.15) is 0 Å². The molecule has 7 heteroatoms. The van der Waals surface area contributed by atoms with Crippen molar-refractivity contribution in [1.29, 1.82) is 0 Å². The van der Waals surface area contributed by atoms with E-state index in [2.05, 4.69) is 23.5 Å². The lowest BCUT2D eigenvalue weighted by molar-refractivity contribution is 0.0614. The Morgan fingerprint density at radius 3 is 2.46 bits per heavy atom. The Hall–Kier alpha value is -1.44. The van der Waals surface area contributed by atoms with E-state index in [-0.39, 0.29) is 16.8 Å². The maximum absolute atomic E-state index is 13.0. The molecule has 1 heterocycles. The predicted octanol–water partition coefficient (Wildman–Crippen LogP) is 2.24. The van der Waals surface area contributed by atoms with Gasteiger partial charge in [-0.2, -0.15) is 0 Å². The Labute approximate surface area is 157 Å². The molecule has 146 valence electrons. The summed E-state index contributed by atoms with van der Waals surface area (Å²) in [6.45, 7) is 10.2. The maximum Gasteiger partial charge on any atom is 0.254 e. The number of aryl methyl sites for hydroxylation is 1. The summed E-state index contributed by atoms with van der Waals surface area (Å²) in [6.07, 6.45) is 1.88. The zero-order valence-corrected chi connectivity index (χ0v) is 17.3. The van der Waals surface area contributed by atoms with Crippen LogP contribution in [0.3, 0.4) is 0 Å². The Morgan fingerprint density at radius 2 is 1.92 bits per heavy atom. The molecule has 0 bridgehead atoms. The molecule has 0 saturated carbocycles. The Balaban J connectivity index is 2.18. The van der Waals surface area contributed by atoms with E-state index in [9.17, 15) is 13.2 Å². The highest BCUT2D eigenvalue weighted by Gasteiger charge is 2.28. The highest BCUT2D eigenvalue weighted by molar-refractivity contribution is 7.89. The van der Waals surface area contributed by atoms with Crippen LogP contribution < -0.4 is 4.72 Å². The standard InChI is InChI=1S/C19H31N3O3S/c1-6-20-26(24,25)17-8-7-15(4)18(13-17)19(23)21(5)16-9-11-22(12-10-16)14(2)3/h7-8,13-14,16,20H,6,9-12H2,1-5H3. The van der Waals surface area contributed by atoms with Crippen molar-refractivity contribution in [2.75, 3.05) is 26.7 Å². The van der Waals surface area contributed by atoms with E-state index in [0.29, 0.717) is 18.2 Å². The molecular formula is C19H31N3O3S. The molecule has 1 fully saturated rings. The first kappa shape index (κ1) is 20.9. The quantitative estimate of drug-likeness (QED) is 0.820. The third-order valence-corrected chi connectivity index (χ3v) is 6.72. The lowest BCUT2D eigenvalue weighted by atomic mass is 10.0. The van der Waals surface area contributed by atoms with Crippen LogP contribution in [0.4, 0.5) is 0 Å². The second-order valence-electron chi connectivity index (χ2n) is 7.26. The minimum absolute atomic E-state index is 0.112. The summed E-state index contributed by atoms with van der Waals surface area (Å²) in [7, 11) is -1.76. The Morgan fingerprint density at radius 1 is 1.31 bits per heavy atom. The van der Waals surface area contributed by atoms with Gasteiger partial charge in [0.05, 0.1) is 4.90 Å². The van der Waals surface area contributed by atoms with Crippen LogP contribution in [0.2, 0.25) is 0 Å². The predicted molar refractivity (Wildman–Crippen MR) is 104 cm³/mol. The third-order valence-electron chi connectivity index (χ3n) is 5.18. The van der Waals surface area contributed by atoms with Gasteiger partial charge in [0, 0.05) is 44.3 Å². The van der Waals surface area contributed by atoms with Crippen LogP contribution in [0.25, 0.3) is 0 Å². The summed E-state index contributed by atoms with van der Waals surface area (Å²) in [6, 6.07) is 5.45. The normalized spacial score (nSPS) is 16.8. The number of carbonyl (C=O) groups excluding carboxylic acids is 1. The summed E-state index contributed by atoms with van der Waals surface area (Å²) < 4.78 is 27.0. The van der Waals surface area contributed by atoms with Crippen molar-refractivity contribution in [3.63, 3.8) is 0 Å². The lowest BCUT2D eigenvalue weighted by Crippen LogP contribution is -2.47. The van der Waals surface area contributed by atoms with Crippen molar-refractivity contribution in [3.05, 3.63) is 29.3 Å². The molecule has 1 aliphatic heterocycles. The number of amides is 1. The molecule has 0 atom stereocenters. The fourth-order valence-corrected chi connectivity index (χ4v) is 4.48. The molecule has 2 rings (SSSR count). The van der Waals surface area contributed by atoms with Crippen LogP contribution in [0.1, 0.15) is 49.5 Å². The molecular weight excluding hydrogens is 350 g/mol. The molecule has 1 aromatic rings. The lowest BCUT2D eigenvalue weighted by Gasteiger charge is -2.38.